The van der Waals surface area contributed by atoms with Crippen LogP contribution < -0.4 is 10.9 Å². The van der Waals surface area contributed by atoms with E-state index < -0.39 is 35.7 Å². The van der Waals surface area contributed by atoms with Gasteiger partial charge in [-0.05, 0) is 68.8 Å². The Morgan fingerprint density at radius 1 is 1.10 bits per heavy atom. The molecule has 208 valence electrons. The van der Waals surface area contributed by atoms with Crippen LogP contribution in [0.2, 0.25) is 0 Å². The monoisotopic (exact) mass is 555 g/mol. The molecule has 2 N–H and O–H groups in total. The number of aliphatic hydroxyl groups is 1. The lowest BCUT2D eigenvalue weighted by molar-refractivity contribution is 0.0956. The van der Waals surface area contributed by atoms with Crippen molar-refractivity contribution in [2.24, 2.45) is 0 Å². The summed E-state index contributed by atoms with van der Waals surface area (Å²) in [5, 5.41) is 13.4. The maximum Gasteiger partial charge on any atom is 0.264 e. The third-order valence-corrected chi connectivity index (χ3v) is 6.83. The summed E-state index contributed by atoms with van der Waals surface area (Å²) in [5.74, 6) is 4.06. The van der Waals surface area contributed by atoms with Gasteiger partial charge in [0.1, 0.15) is 16.9 Å². The molecule has 5 rings (SSSR count). The number of aromatic nitrogens is 4. The second-order valence-corrected chi connectivity index (χ2v) is 9.84. The van der Waals surface area contributed by atoms with Crippen molar-refractivity contribution in [2.45, 2.75) is 32.9 Å². The first kappa shape index (κ1) is 27.7. The first-order valence-corrected chi connectivity index (χ1v) is 13.0. The Labute approximate surface area is 234 Å². The zero-order chi connectivity index (χ0) is 29.3. The van der Waals surface area contributed by atoms with Gasteiger partial charge in [0, 0.05) is 23.2 Å². The number of amides is 1. The van der Waals surface area contributed by atoms with Crippen molar-refractivity contribution < 1.29 is 18.7 Å². The minimum Gasteiger partial charge on any atom is -0.394 e. The van der Waals surface area contributed by atoms with Crippen molar-refractivity contribution in [3.05, 3.63) is 105 Å². The Kier molecular flexibility index (Phi) is 7.64. The van der Waals surface area contributed by atoms with Crippen molar-refractivity contribution in [2.75, 3.05) is 13.2 Å². The number of carbonyl (C=O) groups excluding carboxylic acids is 1. The summed E-state index contributed by atoms with van der Waals surface area (Å²) >= 11 is 0. The molecule has 2 aromatic carbocycles. The van der Waals surface area contributed by atoms with Gasteiger partial charge in [0.15, 0.2) is 11.6 Å². The molecule has 3 aromatic heterocycles. The molecule has 0 aliphatic heterocycles. The highest BCUT2D eigenvalue weighted by molar-refractivity contribution is 6.03. The van der Waals surface area contributed by atoms with Gasteiger partial charge in [0.2, 0.25) is 0 Å². The van der Waals surface area contributed by atoms with Gasteiger partial charge in [0.25, 0.3) is 11.5 Å². The van der Waals surface area contributed by atoms with Gasteiger partial charge in [-0.15, -0.1) is 0 Å². The lowest BCUT2D eigenvalue weighted by atomic mass is 10.1. The van der Waals surface area contributed by atoms with Gasteiger partial charge in [-0.3, -0.25) is 14.6 Å². The number of pyridine rings is 2. The summed E-state index contributed by atoms with van der Waals surface area (Å²) in [6.45, 7) is 5.57. The SMILES string of the molecule is Cc1nc2cnc3ccc(C#CCNC(=O)c4cccn([C@H](CO)c5ccc(F)c(F)c5)c4=O)cc3c2n1C(C)C. The summed E-state index contributed by atoms with van der Waals surface area (Å²) in [6, 6.07) is 10.8. The minimum atomic E-state index is -1.10. The predicted molar refractivity (Wildman–Crippen MR) is 152 cm³/mol. The molecular formula is C31H27F2N5O3. The Bertz CT molecular complexity index is 1920. The van der Waals surface area contributed by atoms with Gasteiger partial charge in [-0.2, -0.15) is 0 Å². The van der Waals surface area contributed by atoms with Crippen LogP contribution in [0.25, 0.3) is 21.9 Å². The fourth-order valence-electron chi connectivity index (χ4n) is 4.97. The van der Waals surface area contributed by atoms with Gasteiger partial charge in [-0.25, -0.2) is 13.8 Å². The lowest BCUT2D eigenvalue weighted by Crippen LogP contribution is -2.35. The minimum absolute atomic E-state index is 0.0245. The lowest BCUT2D eigenvalue weighted by Gasteiger charge is -2.19. The summed E-state index contributed by atoms with van der Waals surface area (Å²) in [4.78, 5) is 35.0. The Morgan fingerprint density at radius 2 is 1.90 bits per heavy atom. The molecule has 0 aliphatic carbocycles. The van der Waals surface area contributed by atoms with E-state index in [0.29, 0.717) is 0 Å². The zero-order valence-electron chi connectivity index (χ0n) is 22.7. The molecule has 0 radical (unpaired) electrons. The molecule has 3 heterocycles. The number of hydrogen-bond donors (Lipinski definition) is 2. The molecule has 5 aromatic rings. The molecule has 0 bridgehead atoms. The molecule has 41 heavy (non-hydrogen) atoms. The molecule has 10 heteroatoms. The van der Waals surface area contributed by atoms with E-state index in [0.717, 1.165) is 50.0 Å². The van der Waals surface area contributed by atoms with Gasteiger partial charge >= 0.3 is 0 Å². The maximum atomic E-state index is 13.8. The normalized spacial score (nSPS) is 12.0. The Balaban J connectivity index is 1.36. The topological polar surface area (TPSA) is 102 Å². The van der Waals surface area contributed by atoms with E-state index in [1.165, 1.54) is 24.4 Å². The zero-order valence-corrected chi connectivity index (χ0v) is 22.7. The molecule has 0 saturated heterocycles. The summed E-state index contributed by atoms with van der Waals surface area (Å²) in [6.07, 6.45) is 3.14. The number of imidazole rings is 1. The van der Waals surface area contributed by atoms with E-state index >= 15 is 0 Å². The number of aryl methyl sites for hydroxylation is 1. The van der Waals surface area contributed by atoms with E-state index in [9.17, 15) is 23.5 Å². The Hall–Kier alpha value is -4.88. The summed E-state index contributed by atoms with van der Waals surface area (Å²) in [5.41, 5.74) is 2.67. The van der Waals surface area contributed by atoms with Gasteiger partial charge < -0.3 is 19.6 Å². The average Bonchev–Trinajstić information content (AvgIpc) is 3.30. The molecular weight excluding hydrogens is 528 g/mol. The average molecular weight is 556 g/mol. The number of hydrogen-bond acceptors (Lipinski definition) is 5. The third-order valence-electron chi connectivity index (χ3n) is 6.83. The quantitative estimate of drug-likeness (QED) is 0.305. The molecule has 0 spiro atoms. The van der Waals surface area contributed by atoms with Crippen LogP contribution in [0.4, 0.5) is 8.78 Å². The molecule has 0 saturated carbocycles. The molecule has 1 atom stereocenters. The van der Waals surface area contributed by atoms with Crippen molar-refractivity contribution in [1.82, 2.24) is 24.4 Å². The standard InChI is InChI=1S/C31H27F2N5O3/c1-18(2)38-19(3)36-27-16-35-26-11-8-20(14-23(26)29(27)38)6-4-12-34-30(40)22-7-5-13-37(31(22)41)28(17-39)21-9-10-24(32)25(33)15-21/h5,7-11,13-16,18,28,39H,12,17H2,1-3H3,(H,34,40)/t28-/m1/s1. The van der Waals surface area contributed by atoms with Crippen LogP contribution in [0.5, 0.6) is 0 Å². The van der Waals surface area contributed by atoms with Crippen LogP contribution in [-0.4, -0.2) is 43.3 Å². The predicted octanol–water partition coefficient (Wildman–Crippen LogP) is 4.28. The largest absolute Gasteiger partial charge is 0.394 e. The smallest absolute Gasteiger partial charge is 0.264 e. The molecule has 1 amide bonds. The number of aliphatic hydroxyl groups excluding tert-OH is 1. The van der Waals surface area contributed by atoms with Crippen molar-refractivity contribution in [3.63, 3.8) is 0 Å². The summed E-state index contributed by atoms with van der Waals surface area (Å²) < 4.78 is 30.4. The molecule has 0 aliphatic rings. The van der Waals surface area contributed by atoms with Crippen LogP contribution in [0.15, 0.2) is 65.7 Å². The molecule has 0 fully saturated rings. The Morgan fingerprint density at radius 3 is 2.63 bits per heavy atom. The number of nitrogens with one attached hydrogen (secondary N) is 1. The highest BCUT2D eigenvalue weighted by atomic mass is 19.2. The van der Waals surface area contributed by atoms with Crippen molar-refractivity contribution in [1.29, 1.82) is 0 Å². The highest BCUT2D eigenvalue weighted by Gasteiger charge is 2.20. The van der Waals surface area contributed by atoms with Gasteiger partial charge in [-0.1, -0.05) is 17.9 Å². The van der Waals surface area contributed by atoms with E-state index in [-0.39, 0.29) is 23.7 Å². The maximum absolute atomic E-state index is 13.8. The first-order chi connectivity index (χ1) is 19.7. The fraction of sp³-hybridized carbons (Fsp3) is 0.226. The van der Waals surface area contributed by atoms with Crippen LogP contribution in [0, 0.1) is 30.4 Å². The van der Waals surface area contributed by atoms with Crippen molar-refractivity contribution in [3.8, 4) is 11.8 Å². The van der Waals surface area contributed by atoms with Crippen molar-refractivity contribution >= 4 is 27.8 Å². The van der Waals surface area contributed by atoms with Crippen LogP contribution >= 0.6 is 0 Å². The second-order valence-electron chi connectivity index (χ2n) is 9.84. The number of benzene rings is 2. The van der Waals surface area contributed by atoms with E-state index in [4.69, 9.17) is 0 Å². The van der Waals surface area contributed by atoms with E-state index in [1.54, 1.807) is 6.20 Å². The van der Waals surface area contributed by atoms with E-state index in [1.807, 2.05) is 25.1 Å². The second kappa shape index (κ2) is 11.3. The number of rotatable bonds is 6. The highest BCUT2D eigenvalue weighted by Crippen LogP contribution is 2.28. The third kappa shape index (κ3) is 5.32. The molecule has 0 unspecified atom stereocenters. The number of halogens is 2. The first-order valence-electron chi connectivity index (χ1n) is 13.0. The van der Waals surface area contributed by atoms with Gasteiger partial charge in [0.05, 0.1) is 36.4 Å². The van der Waals surface area contributed by atoms with Crippen LogP contribution in [-0.2, 0) is 0 Å². The number of carbonyl (C=O) groups is 1. The van der Waals surface area contributed by atoms with Crippen LogP contribution in [0.3, 0.4) is 0 Å². The van der Waals surface area contributed by atoms with E-state index in [2.05, 4.69) is 45.5 Å². The number of nitrogens with zero attached hydrogens (tertiary/aromatic N) is 4. The summed E-state index contributed by atoms with van der Waals surface area (Å²) in [7, 11) is 0. The van der Waals surface area contributed by atoms with Crippen LogP contribution in [0.1, 0.15) is 53.2 Å². The number of fused-ring (bicyclic) bond motifs is 3. The molecule has 8 nitrogen and oxygen atoms in total. The fourth-order valence-corrected chi connectivity index (χ4v) is 4.97.